The molecule has 3 N–H and O–H groups in total. The van der Waals surface area contributed by atoms with Crippen LogP contribution in [0.3, 0.4) is 0 Å². The number of hydrogen-bond acceptors (Lipinski definition) is 4. The van der Waals surface area contributed by atoms with Crippen LogP contribution in [0.15, 0.2) is 24.3 Å². The van der Waals surface area contributed by atoms with E-state index in [4.69, 9.17) is 5.73 Å². The molecule has 3 rings (SSSR count). The van der Waals surface area contributed by atoms with Gasteiger partial charge in [0.1, 0.15) is 12.1 Å². The number of hydrogen-bond donors (Lipinski definition) is 2. The zero-order valence-electron chi connectivity index (χ0n) is 16.1. The number of likely N-dealkylation sites (tertiary alicyclic amines) is 1. The number of nitrogens with one attached hydrogen (secondary N) is 1. The molecule has 2 saturated heterocycles. The van der Waals surface area contributed by atoms with E-state index in [1.165, 1.54) is 12.5 Å². The smallest absolute Gasteiger partial charge is 0.325 e. The first-order chi connectivity index (χ1) is 13.3. The Bertz CT molecular complexity index is 801. The fraction of sp³-hybridized carbons (Fsp3) is 0.500. The largest absolute Gasteiger partial charge is 0.366 e. The van der Waals surface area contributed by atoms with Gasteiger partial charge >= 0.3 is 6.03 Å². The van der Waals surface area contributed by atoms with Crippen LogP contribution in [0.4, 0.5) is 4.79 Å². The van der Waals surface area contributed by atoms with Crippen LogP contribution in [0.25, 0.3) is 0 Å². The lowest BCUT2D eigenvalue weighted by Crippen LogP contribution is -2.45. The quantitative estimate of drug-likeness (QED) is 0.760. The lowest BCUT2D eigenvalue weighted by Gasteiger charge is -2.27. The molecule has 1 aromatic rings. The first-order valence-electron chi connectivity index (χ1n) is 9.65. The first kappa shape index (κ1) is 19.9. The van der Waals surface area contributed by atoms with Gasteiger partial charge in [0, 0.05) is 18.7 Å². The molecule has 150 valence electrons. The summed E-state index contributed by atoms with van der Waals surface area (Å²) in [5, 5.41) is 2.66. The number of nitrogens with two attached hydrogens (primary N) is 1. The van der Waals surface area contributed by atoms with Gasteiger partial charge in [-0.25, -0.2) is 4.79 Å². The van der Waals surface area contributed by atoms with Crippen LogP contribution in [0.2, 0.25) is 0 Å². The van der Waals surface area contributed by atoms with Crippen LogP contribution in [0, 0.1) is 0 Å². The molecule has 2 heterocycles. The topological polar surface area (TPSA) is 113 Å². The number of urea groups is 1. The Balaban J connectivity index is 1.76. The molecule has 8 heteroatoms. The third kappa shape index (κ3) is 3.85. The summed E-state index contributed by atoms with van der Waals surface area (Å²) in [7, 11) is 0. The van der Waals surface area contributed by atoms with E-state index in [-0.39, 0.29) is 18.0 Å². The third-order valence-corrected chi connectivity index (χ3v) is 5.50. The number of nitrogens with zero attached hydrogens (tertiary/aromatic N) is 2. The molecule has 2 aliphatic rings. The van der Waals surface area contributed by atoms with E-state index in [0.29, 0.717) is 18.7 Å². The summed E-state index contributed by atoms with van der Waals surface area (Å²) in [6, 6.07) is 5.67. The van der Waals surface area contributed by atoms with Gasteiger partial charge < -0.3 is 16.0 Å². The van der Waals surface area contributed by atoms with Crippen molar-refractivity contribution in [2.24, 2.45) is 5.73 Å². The van der Waals surface area contributed by atoms with Gasteiger partial charge in [-0.3, -0.25) is 19.3 Å². The first-order valence-corrected chi connectivity index (χ1v) is 9.65. The summed E-state index contributed by atoms with van der Waals surface area (Å²) in [4.78, 5) is 52.3. The second-order valence-electron chi connectivity index (χ2n) is 7.54. The van der Waals surface area contributed by atoms with E-state index in [9.17, 15) is 19.2 Å². The molecule has 0 aromatic heterocycles. The molecule has 1 atom stereocenters. The van der Waals surface area contributed by atoms with Gasteiger partial charge in [0.05, 0.1) is 0 Å². The Hall–Kier alpha value is -2.90. The van der Waals surface area contributed by atoms with Crippen LogP contribution >= 0.6 is 0 Å². The van der Waals surface area contributed by atoms with Crippen molar-refractivity contribution in [1.82, 2.24) is 15.1 Å². The summed E-state index contributed by atoms with van der Waals surface area (Å²) in [5.74, 6) is -1.36. The van der Waals surface area contributed by atoms with E-state index < -0.39 is 23.4 Å². The summed E-state index contributed by atoms with van der Waals surface area (Å²) >= 11 is 0. The van der Waals surface area contributed by atoms with Gasteiger partial charge in [0.25, 0.3) is 5.91 Å². The van der Waals surface area contributed by atoms with Gasteiger partial charge in [0.15, 0.2) is 0 Å². The molecular weight excluding hydrogens is 360 g/mol. The van der Waals surface area contributed by atoms with Crippen molar-refractivity contribution in [1.29, 1.82) is 0 Å². The van der Waals surface area contributed by atoms with Gasteiger partial charge in [-0.2, -0.15) is 0 Å². The molecule has 0 aliphatic carbocycles. The zero-order chi connectivity index (χ0) is 20.3. The Morgan fingerprint density at radius 3 is 2.39 bits per heavy atom. The molecular formula is C20H26N4O4. The Morgan fingerprint density at radius 2 is 1.75 bits per heavy atom. The van der Waals surface area contributed by atoms with Crippen LogP contribution in [-0.4, -0.2) is 53.2 Å². The molecule has 5 amide bonds. The number of carbonyl (C=O) groups excluding carboxylic acids is 4. The SMILES string of the molecule is CC1(c2cccc(C(N)=O)c2)NC(=O)N(CC(=O)N2CCCCCCC2)C1=O. The molecule has 0 radical (unpaired) electrons. The van der Waals surface area contributed by atoms with Crippen molar-refractivity contribution in [3.05, 3.63) is 35.4 Å². The van der Waals surface area contributed by atoms with Crippen LogP contribution in [0.5, 0.6) is 0 Å². The lowest BCUT2D eigenvalue weighted by atomic mass is 9.90. The fourth-order valence-electron chi connectivity index (χ4n) is 3.75. The van der Waals surface area contributed by atoms with Gasteiger partial charge in [-0.1, -0.05) is 31.4 Å². The highest BCUT2D eigenvalue weighted by Crippen LogP contribution is 2.29. The van der Waals surface area contributed by atoms with Crippen molar-refractivity contribution in [2.75, 3.05) is 19.6 Å². The summed E-state index contributed by atoms with van der Waals surface area (Å²) in [5.41, 5.74) is 4.66. The molecule has 0 bridgehead atoms. The second-order valence-corrected chi connectivity index (χ2v) is 7.54. The van der Waals surface area contributed by atoms with Crippen LogP contribution in [0.1, 0.15) is 54.9 Å². The molecule has 1 unspecified atom stereocenters. The summed E-state index contributed by atoms with van der Waals surface area (Å²) in [6.45, 7) is 2.59. The van der Waals surface area contributed by atoms with Gasteiger partial charge in [-0.05, 0) is 37.5 Å². The van der Waals surface area contributed by atoms with Crippen molar-refractivity contribution < 1.29 is 19.2 Å². The van der Waals surface area contributed by atoms with E-state index in [1.54, 1.807) is 30.0 Å². The van der Waals surface area contributed by atoms with Gasteiger partial charge in [0.2, 0.25) is 11.8 Å². The molecule has 0 spiro atoms. The minimum absolute atomic E-state index is 0.222. The Labute approximate surface area is 164 Å². The standard InChI is InChI=1S/C20H26N4O4/c1-20(15-9-7-8-14(12-15)17(21)26)18(27)24(19(28)22-20)13-16(25)23-10-5-3-2-4-6-11-23/h7-9,12H,2-6,10-11,13H2,1H3,(H2,21,26)(H,22,28). The normalized spacial score (nSPS) is 23.2. The van der Waals surface area contributed by atoms with Crippen LogP contribution < -0.4 is 11.1 Å². The van der Waals surface area contributed by atoms with Gasteiger partial charge in [-0.15, -0.1) is 0 Å². The van der Waals surface area contributed by atoms with Crippen LogP contribution in [-0.2, 0) is 15.1 Å². The summed E-state index contributed by atoms with van der Waals surface area (Å²) < 4.78 is 0. The predicted octanol–water partition coefficient (Wildman–Crippen LogP) is 1.35. The second kappa shape index (κ2) is 8.00. The Morgan fingerprint density at radius 1 is 1.11 bits per heavy atom. The fourth-order valence-corrected chi connectivity index (χ4v) is 3.75. The van der Waals surface area contributed by atoms with Crippen molar-refractivity contribution in [3.63, 3.8) is 0 Å². The predicted molar refractivity (Wildman–Crippen MR) is 102 cm³/mol. The maximum atomic E-state index is 13.0. The number of benzene rings is 1. The molecule has 0 saturated carbocycles. The monoisotopic (exact) mass is 386 g/mol. The molecule has 1 aromatic carbocycles. The lowest BCUT2D eigenvalue weighted by molar-refractivity contribution is -0.139. The number of rotatable bonds is 4. The highest BCUT2D eigenvalue weighted by molar-refractivity contribution is 6.09. The average molecular weight is 386 g/mol. The van der Waals surface area contributed by atoms with Crippen molar-refractivity contribution in [3.8, 4) is 0 Å². The third-order valence-electron chi connectivity index (χ3n) is 5.50. The highest BCUT2D eigenvalue weighted by Gasteiger charge is 2.49. The minimum Gasteiger partial charge on any atom is -0.366 e. The van der Waals surface area contributed by atoms with E-state index in [2.05, 4.69) is 5.32 Å². The average Bonchev–Trinajstić information content (AvgIpc) is 2.85. The summed E-state index contributed by atoms with van der Waals surface area (Å²) in [6.07, 6.45) is 5.22. The van der Waals surface area contributed by atoms with E-state index in [1.807, 2.05) is 0 Å². The number of primary amides is 1. The highest BCUT2D eigenvalue weighted by atomic mass is 16.2. The minimum atomic E-state index is -1.35. The zero-order valence-corrected chi connectivity index (χ0v) is 16.1. The van der Waals surface area contributed by atoms with E-state index in [0.717, 1.165) is 30.6 Å². The molecule has 2 fully saturated rings. The van der Waals surface area contributed by atoms with Crippen molar-refractivity contribution >= 4 is 23.8 Å². The molecule has 8 nitrogen and oxygen atoms in total. The number of imide groups is 1. The van der Waals surface area contributed by atoms with E-state index >= 15 is 0 Å². The number of carbonyl (C=O) groups is 4. The Kier molecular flexibility index (Phi) is 5.67. The molecule has 2 aliphatic heterocycles. The maximum absolute atomic E-state index is 13.0. The maximum Gasteiger partial charge on any atom is 0.325 e. The number of amides is 5. The van der Waals surface area contributed by atoms with Crippen molar-refractivity contribution in [2.45, 2.75) is 44.6 Å². The molecule has 28 heavy (non-hydrogen) atoms.